The fraction of sp³-hybridized carbons (Fsp3) is 0.429. The molecule has 26 heavy (non-hydrogen) atoms. The van der Waals surface area contributed by atoms with Crippen LogP contribution in [0.15, 0.2) is 33.5 Å². The fourth-order valence-corrected chi connectivity index (χ4v) is 3.43. The molecule has 0 saturated carbocycles. The normalized spacial score (nSPS) is 16.5. The molecule has 1 amide bonds. The van der Waals surface area contributed by atoms with Gasteiger partial charge in [-0.25, -0.2) is 4.79 Å². The first kappa shape index (κ1) is 18.2. The molecule has 0 radical (unpaired) electrons. The van der Waals surface area contributed by atoms with E-state index in [1.165, 1.54) is 0 Å². The third kappa shape index (κ3) is 3.39. The Morgan fingerprint density at radius 3 is 2.77 bits per heavy atom. The van der Waals surface area contributed by atoms with Crippen molar-refractivity contribution in [3.8, 4) is 5.75 Å². The molecule has 1 aromatic heterocycles. The Hall–Kier alpha value is -2.56. The Labute approximate surface area is 153 Å². The molecule has 5 nitrogen and oxygen atoms in total. The Balaban J connectivity index is 1.86. The van der Waals surface area contributed by atoms with E-state index in [4.69, 9.17) is 9.15 Å². The predicted octanol–water partition coefficient (Wildman–Crippen LogP) is 3.66. The Morgan fingerprint density at radius 1 is 1.27 bits per heavy atom. The molecule has 1 unspecified atom stereocenters. The maximum atomic E-state index is 12.6. The van der Waals surface area contributed by atoms with E-state index in [2.05, 4.69) is 13.0 Å². The average molecular weight is 355 g/mol. The molecule has 0 fully saturated rings. The van der Waals surface area contributed by atoms with Gasteiger partial charge in [0.15, 0.2) is 6.61 Å². The summed E-state index contributed by atoms with van der Waals surface area (Å²) in [5.74, 6) is 0.548. The number of carbonyl (C=O) groups is 1. The van der Waals surface area contributed by atoms with Crippen LogP contribution in [0, 0.1) is 20.8 Å². The monoisotopic (exact) mass is 355 g/mol. The second-order valence-electron chi connectivity index (χ2n) is 6.89. The van der Waals surface area contributed by atoms with Gasteiger partial charge >= 0.3 is 5.63 Å². The number of amides is 1. The van der Waals surface area contributed by atoms with E-state index in [0.717, 1.165) is 29.4 Å². The number of carbonyl (C=O) groups excluding carboxylic acids is 1. The molecule has 1 aliphatic rings. The van der Waals surface area contributed by atoms with Crippen molar-refractivity contribution in [2.24, 2.45) is 0 Å². The molecule has 0 N–H and O–H groups in total. The molecule has 3 rings (SSSR count). The van der Waals surface area contributed by atoms with Gasteiger partial charge in [0.05, 0.1) is 11.4 Å². The van der Waals surface area contributed by atoms with Crippen molar-refractivity contribution in [3.05, 3.63) is 51.4 Å². The number of ether oxygens (including phenoxy) is 1. The minimum absolute atomic E-state index is 0.0297. The van der Waals surface area contributed by atoms with Crippen molar-refractivity contribution in [2.45, 2.75) is 46.6 Å². The predicted molar refractivity (Wildman–Crippen MR) is 102 cm³/mol. The van der Waals surface area contributed by atoms with Crippen LogP contribution in [0.2, 0.25) is 0 Å². The highest BCUT2D eigenvalue weighted by Crippen LogP contribution is 2.31. The summed E-state index contributed by atoms with van der Waals surface area (Å²) in [6.07, 6.45) is 6.10. The number of hydrogen-bond donors (Lipinski definition) is 0. The van der Waals surface area contributed by atoms with Gasteiger partial charge in [-0.2, -0.15) is 0 Å². The maximum absolute atomic E-state index is 12.6. The molecule has 0 aliphatic carbocycles. The zero-order valence-corrected chi connectivity index (χ0v) is 15.8. The van der Waals surface area contributed by atoms with Crippen molar-refractivity contribution in [2.75, 3.05) is 13.2 Å². The number of fused-ring (bicyclic) bond motifs is 1. The summed E-state index contributed by atoms with van der Waals surface area (Å²) in [4.78, 5) is 26.4. The van der Waals surface area contributed by atoms with Crippen molar-refractivity contribution >= 4 is 16.9 Å². The van der Waals surface area contributed by atoms with Crippen LogP contribution < -0.4 is 10.4 Å². The second kappa shape index (κ2) is 7.36. The molecule has 1 atom stereocenters. The number of hydrogen-bond acceptors (Lipinski definition) is 4. The Kier molecular flexibility index (Phi) is 5.16. The minimum atomic E-state index is -0.340. The van der Waals surface area contributed by atoms with E-state index in [9.17, 15) is 9.59 Å². The van der Waals surface area contributed by atoms with Gasteiger partial charge in [-0.1, -0.05) is 25.5 Å². The quantitative estimate of drug-likeness (QED) is 0.607. The molecule has 0 spiro atoms. The van der Waals surface area contributed by atoms with Crippen LogP contribution >= 0.6 is 0 Å². The summed E-state index contributed by atoms with van der Waals surface area (Å²) in [6.45, 7) is 8.24. The summed E-state index contributed by atoms with van der Waals surface area (Å²) < 4.78 is 11.3. The highest BCUT2D eigenvalue weighted by atomic mass is 16.5. The van der Waals surface area contributed by atoms with Crippen LogP contribution in [0.1, 0.15) is 36.5 Å². The van der Waals surface area contributed by atoms with Crippen molar-refractivity contribution in [3.63, 3.8) is 0 Å². The standard InChI is InChI=1S/C21H25NO4/c1-5-7-16-8-6-9-22(16)19(23)12-25-17-10-13(2)11-18-20(17)14(3)15(4)21(24)26-18/h6,8,10-11,16H,5,7,9,12H2,1-4H3. The summed E-state index contributed by atoms with van der Waals surface area (Å²) in [6, 6.07) is 3.86. The largest absolute Gasteiger partial charge is 0.483 e. The van der Waals surface area contributed by atoms with E-state index in [1.54, 1.807) is 6.92 Å². The van der Waals surface area contributed by atoms with E-state index in [-0.39, 0.29) is 24.2 Å². The van der Waals surface area contributed by atoms with Crippen LogP contribution in [0.5, 0.6) is 5.75 Å². The highest BCUT2D eigenvalue weighted by Gasteiger charge is 2.24. The van der Waals surface area contributed by atoms with Gasteiger partial charge in [-0.15, -0.1) is 0 Å². The first-order chi connectivity index (χ1) is 12.4. The smallest absolute Gasteiger partial charge is 0.339 e. The van der Waals surface area contributed by atoms with E-state index >= 15 is 0 Å². The van der Waals surface area contributed by atoms with Crippen LogP contribution in [0.4, 0.5) is 0 Å². The Bertz CT molecular complexity index is 926. The zero-order valence-electron chi connectivity index (χ0n) is 15.8. The van der Waals surface area contributed by atoms with Gasteiger partial charge in [0.25, 0.3) is 5.91 Å². The molecule has 0 saturated heterocycles. The third-order valence-electron chi connectivity index (χ3n) is 4.97. The van der Waals surface area contributed by atoms with E-state index in [0.29, 0.717) is 23.4 Å². The molecule has 1 aromatic carbocycles. The molecule has 138 valence electrons. The second-order valence-corrected chi connectivity index (χ2v) is 6.89. The molecule has 2 aromatic rings. The summed E-state index contributed by atoms with van der Waals surface area (Å²) in [5.41, 5.74) is 2.45. The SMILES string of the molecule is CCCC1C=CCN1C(=O)COc1cc(C)cc2oc(=O)c(C)c(C)c12. The maximum Gasteiger partial charge on any atom is 0.339 e. The van der Waals surface area contributed by atoms with Crippen LogP contribution in [-0.4, -0.2) is 30.0 Å². The summed E-state index contributed by atoms with van der Waals surface area (Å²) >= 11 is 0. The molecule has 5 heteroatoms. The first-order valence-electron chi connectivity index (χ1n) is 9.06. The molecule has 0 bridgehead atoms. The lowest BCUT2D eigenvalue weighted by molar-refractivity contribution is -0.133. The summed E-state index contributed by atoms with van der Waals surface area (Å²) in [7, 11) is 0. The number of benzene rings is 1. The highest BCUT2D eigenvalue weighted by molar-refractivity contribution is 5.88. The van der Waals surface area contributed by atoms with Crippen molar-refractivity contribution in [1.82, 2.24) is 4.90 Å². The number of rotatable bonds is 5. The lowest BCUT2D eigenvalue weighted by atomic mass is 10.0. The van der Waals surface area contributed by atoms with Crippen LogP contribution in [0.25, 0.3) is 11.0 Å². The van der Waals surface area contributed by atoms with Gasteiger partial charge < -0.3 is 14.1 Å². The lowest BCUT2D eigenvalue weighted by Gasteiger charge is -2.24. The topological polar surface area (TPSA) is 59.8 Å². The first-order valence-corrected chi connectivity index (χ1v) is 9.06. The minimum Gasteiger partial charge on any atom is -0.483 e. The van der Waals surface area contributed by atoms with Gasteiger partial charge in [-0.05, 0) is 50.5 Å². The molecular formula is C21H25NO4. The van der Waals surface area contributed by atoms with Gasteiger partial charge in [0.1, 0.15) is 11.3 Å². The third-order valence-corrected chi connectivity index (χ3v) is 4.97. The van der Waals surface area contributed by atoms with E-state index in [1.807, 2.05) is 37.0 Å². The van der Waals surface area contributed by atoms with Gasteiger partial charge in [0.2, 0.25) is 0 Å². The zero-order chi connectivity index (χ0) is 18.8. The van der Waals surface area contributed by atoms with Crippen molar-refractivity contribution < 1.29 is 13.9 Å². The van der Waals surface area contributed by atoms with Gasteiger partial charge in [0, 0.05) is 12.1 Å². The van der Waals surface area contributed by atoms with Crippen LogP contribution in [0.3, 0.4) is 0 Å². The van der Waals surface area contributed by atoms with Crippen molar-refractivity contribution in [1.29, 1.82) is 0 Å². The lowest BCUT2D eigenvalue weighted by Crippen LogP contribution is -2.39. The number of nitrogens with zero attached hydrogens (tertiary/aromatic N) is 1. The molecule has 1 aliphatic heterocycles. The molecule has 2 heterocycles. The van der Waals surface area contributed by atoms with Gasteiger partial charge in [-0.3, -0.25) is 4.79 Å². The average Bonchev–Trinajstić information content (AvgIpc) is 3.05. The fourth-order valence-electron chi connectivity index (χ4n) is 3.43. The van der Waals surface area contributed by atoms with E-state index < -0.39 is 0 Å². The van der Waals surface area contributed by atoms with Crippen LogP contribution in [-0.2, 0) is 4.79 Å². The molecular weight excluding hydrogens is 330 g/mol. The number of aryl methyl sites for hydroxylation is 2. The summed E-state index contributed by atoms with van der Waals surface area (Å²) in [5, 5.41) is 0.755. The Morgan fingerprint density at radius 2 is 2.04 bits per heavy atom.